The fourth-order valence-electron chi connectivity index (χ4n) is 3.38. The largest absolute Gasteiger partial charge is 0.387 e. The van der Waals surface area contributed by atoms with Gasteiger partial charge >= 0.3 is 0 Å². The molecule has 2 rings (SSSR count). The first-order chi connectivity index (χ1) is 15.5. The van der Waals surface area contributed by atoms with E-state index in [2.05, 4.69) is 5.32 Å². The van der Waals surface area contributed by atoms with Crippen LogP contribution in [0, 0.1) is 5.41 Å². The lowest BCUT2D eigenvalue weighted by Crippen LogP contribution is -2.56. The van der Waals surface area contributed by atoms with Gasteiger partial charge in [0.25, 0.3) is 5.91 Å². The Morgan fingerprint density at radius 1 is 1.24 bits per heavy atom. The molecule has 33 heavy (non-hydrogen) atoms. The average molecular weight is 481 g/mol. The van der Waals surface area contributed by atoms with Gasteiger partial charge in [-0.1, -0.05) is 63.3 Å². The van der Waals surface area contributed by atoms with E-state index in [0.29, 0.717) is 18.8 Å². The highest BCUT2D eigenvalue weighted by Gasteiger charge is 2.38. The number of rotatable bonds is 9. The van der Waals surface area contributed by atoms with Crippen molar-refractivity contribution in [2.24, 2.45) is 5.41 Å². The van der Waals surface area contributed by atoms with Crippen LogP contribution < -0.4 is 5.32 Å². The van der Waals surface area contributed by atoms with Crippen molar-refractivity contribution in [1.29, 1.82) is 0 Å². The van der Waals surface area contributed by atoms with Crippen molar-refractivity contribution < 1.29 is 29.6 Å². The zero-order valence-electron chi connectivity index (χ0n) is 19.7. The molecule has 1 aromatic carbocycles. The van der Waals surface area contributed by atoms with Gasteiger partial charge in [0, 0.05) is 31.7 Å². The van der Waals surface area contributed by atoms with Crippen molar-refractivity contribution in [3.63, 3.8) is 0 Å². The summed E-state index contributed by atoms with van der Waals surface area (Å²) in [4.78, 5) is 27.7. The number of allylic oxidation sites excluding steroid dienone is 1. The predicted octanol–water partition coefficient (Wildman–Crippen LogP) is 0.947. The van der Waals surface area contributed by atoms with E-state index in [4.69, 9.17) is 4.74 Å². The van der Waals surface area contributed by atoms with Crippen molar-refractivity contribution in [2.45, 2.75) is 57.8 Å². The molecule has 0 spiro atoms. The molecule has 1 heterocycles. The highest BCUT2D eigenvalue weighted by molar-refractivity contribution is 7.99. The number of benzene rings is 1. The summed E-state index contributed by atoms with van der Waals surface area (Å²) in [6.07, 6.45) is -3.09. The Balaban J connectivity index is 2.05. The Labute approximate surface area is 200 Å². The molecular formula is C24H36N2O6S. The van der Waals surface area contributed by atoms with Crippen molar-refractivity contribution in [1.82, 2.24) is 10.2 Å². The van der Waals surface area contributed by atoms with Gasteiger partial charge in [0.1, 0.15) is 24.4 Å². The van der Waals surface area contributed by atoms with Crippen LogP contribution in [0.15, 0.2) is 42.5 Å². The minimum atomic E-state index is -1.69. The fourth-order valence-corrected chi connectivity index (χ4v) is 4.36. The lowest BCUT2D eigenvalue weighted by molar-refractivity contribution is -0.151. The Morgan fingerprint density at radius 2 is 1.91 bits per heavy atom. The van der Waals surface area contributed by atoms with E-state index >= 15 is 0 Å². The van der Waals surface area contributed by atoms with E-state index in [1.54, 1.807) is 22.7 Å². The molecule has 5 atom stereocenters. The minimum Gasteiger partial charge on any atom is -0.387 e. The number of nitrogens with zero attached hydrogens (tertiary/aromatic N) is 1. The molecule has 184 valence electrons. The van der Waals surface area contributed by atoms with E-state index in [9.17, 15) is 24.9 Å². The third kappa shape index (κ3) is 8.42. The molecule has 1 fully saturated rings. The lowest BCUT2D eigenvalue weighted by atomic mass is 9.94. The first kappa shape index (κ1) is 27.3. The molecule has 0 saturated carbocycles. The second-order valence-corrected chi connectivity index (χ2v) is 10.4. The van der Waals surface area contributed by atoms with Crippen LogP contribution in [0.3, 0.4) is 0 Å². The number of ether oxygens (including phenoxy) is 1. The first-order valence-corrected chi connectivity index (χ1v) is 12.2. The molecule has 1 aromatic rings. The molecule has 1 aliphatic heterocycles. The van der Waals surface area contributed by atoms with Gasteiger partial charge in [-0.2, -0.15) is 11.8 Å². The maximum atomic E-state index is 13.1. The smallest absolute Gasteiger partial charge is 0.252 e. The van der Waals surface area contributed by atoms with Crippen LogP contribution in [0.2, 0.25) is 0 Å². The summed E-state index contributed by atoms with van der Waals surface area (Å²) >= 11 is 1.55. The summed E-state index contributed by atoms with van der Waals surface area (Å²) < 4.78 is 5.13. The van der Waals surface area contributed by atoms with E-state index in [0.717, 1.165) is 11.3 Å². The Bertz CT molecular complexity index is 798. The third-order valence-electron chi connectivity index (χ3n) is 5.25. The van der Waals surface area contributed by atoms with Crippen molar-refractivity contribution in [3.05, 3.63) is 48.0 Å². The SMILES string of the molecule is CO[C@@H](C(=O)N[C@H]1CSCCN(Cc2ccccc2)C1=O)[C@H](O)[C@@H](O)[C@H](O)/C=C/C(C)(C)C. The maximum Gasteiger partial charge on any atom is 0.252 e. The van der Waals surface area contributed by atoms with Crippen LogP contribution >= 0.6 is 11.8 Å². The number of carbonyl (C=O) groups excluding carboxylic acids is 2. The van der Waals surface area contributed by atoms with E-state index in [1.165, 1.54) is 13.2 Å². The zero-order valence-corrected chi connectivity index (χ0v) is 20.5. The number of thioether (sulfide) groups is 1. The Kier molecular flexibility index (Phi) is 10.4. The Hall–Kier alpha value is -1.91. The minimum absolute atomic E-state index is 0.213. The number of methoxy groups -OCH3 is 1. The quantitative estimate of drug-likeness (QED) is 0.389. The van der Waals surface area contributed by atoms with Gasteiger partial charge in [-0.25, -0.2) is 0 Å². The van der Waals surface area contributed by atoms with Gasteiger partial charge in [-0.15, -0.1) is 0 Å². The normalized spacial score (nSPS) is 21.4. The third-order valence-corrected chi connectivity index (χ3v) is 6.29. The highest BCUT2D eigenvalue weighted by atomic mass is 32.2. The predicted molar refractivity (Wildman–Crippen MR) is 129 cm³/mol. The number of aliphatic hydroxyl groups is 3. The van der Waals surface area contributed by atoms with E-state index in [1.807, 2.05) is 51.1 Å². The summed E-state index contributed by atoms with van der Waals surface area (Å²) in [6.45, 7) is 6.77. The summed E-state index contributed by atoms with van der Waals surface area (Å²) in [6, 6.07) is 8.82. The average Bonchev–Trinajstić information content (AvgIpc) is 2.93. The second-order valence-electron chi connectivity index (χ2n) is 9.23. The molecule has 9 heteroatoms. The van der Waals surface area contributed by atoms with Crippen molar-refractivity contribution in [3.8, 4) is 0 Å². The summed E-state index contributed by atoms with van der Waals surface area (Å²) in [5.41, 5.74) is 0.765. The van der Waals surface area contributed by atoms with Crippen LogP contribution in [0.4, 0.5) is 0 Å². The van der Waals surface area contributed by atoms with E-state index in [-0.39, 0.29) is 11.3 Å². The summed E-state index contributed by atoms with van der Waals surface area (Å²) in [5, 5.41) is 33.7. The number of amides is 2. The van der Waals surface area contributed by atoms with Gasteiger partial charge < -0.3 is 30.3 Å². The second kappa shape index (κ2) is 12.5. The molecule has 1 aliphatic rings. The molecule has 4 N–H and O–H groups in total. The molecular weight excluding hydrogens is 444 g/mol. The topological polar surface area (TPSA) is 119 Å². The van der Waals surface area contributed by atoms with Crippen LogP contribution in [0.25, 0.3) is 0 Å². The number of carbonyl (C=O) groups is 2. The molecule has 2 amide bonds. The number of hydrogen-bond donors (Lipinski definition) is 4. The Morgan fingerprint density at radius 3 is 2.52 bits per heavy atom. The number of hydrogen-bond acceptors (Lipinski definition) is 7. The number of nitrogens with one attached hydrogen (secondary N) is 1. The molecule has 0 aliphatic carbocycles. The van der Waals surface area contributed by atoms with Gasteiger partial charge in [0.15, 0.2) is 6.10 Å². The summed E-state index contributed by atoms with van der Waals surface area (Å²) in [5.74, 6) is 0.195. The van der Waals surface area contributed by atoms with Crippen molar-refractivity contribution in [2.75, 3.05) is 25.2 Å². The molecule has 0 bridgehead atoms. The highest BCUT2D eigenvalue weighted by Crippen LogP contribution is 2.18. The van der Waals surface area contributed by atoms with Crippen LogP contribution in [0.1, 0.15) is 26.3 Å². The maximum absolute atomic E-state index is 13.1. The van der Waals surface area contributed by atoms with Gasteiger partial charge in [0.2, 0.25) is 5.91 Å². The zero-order chi connectivity index (χ0) is 24.6. The van der Waals surface area contributed by atoms with Crippen LogP contribution in [-0.2, 0) is 20.9 Å². The van der Waals surface area contributed by atoms with Crippen LogP contribution in [-0.4, -0.2) is 87.7 Å². The molecule has 0 aromatic heterocycles. The van der Waals surface area contributed by atoms with Crippen molar-refractivity contribution >= 4 is 23.6 Å². The first-order valence-electron chi connectivity index (χ1n) is 11.0. The number of aliphatic hydroxyl groups excluding tert-OH is 3. The molecule has 1 saturated heterocycles. The molecule has 0 radical (unpaired) electrons. The summed E-state index contributed by atoms with van der Waals surface area (Å²) in [7, 11) is 1.23. The van der Waals surface area contributed by atoms with Gasteiger partial charge in [-0.3, -0.25) is 9.59 Å². The van der Waals surface area contributed by atoms with Gasteiger partial charge in [0.05, 0.1) is 0 Å². The van der Waals surface area contributed by atoms with E-state index < -0.39 is 36.4 Å². The lowest BCUT2D eigenvalue weighted by Gasteiger charge is -2.29. The molecule has 0 unspecified atom stereocenters. The fraction of sp³-hybridized carbons (Fsp3) is 0.583. The monoisotopic (exact) mass is 480 g/mol. The van der Waals surface area contributed by atoms with Crippen LogP contribution in [0.5, 0.6) is 0 Å². The molecule has 8 nitrogen and oxygen atoms in total. The standard InChI is InChI=1S/C24H36N2O6S/c1-24(2,3)11-10-18(27)19(28)20(29)21(32-4)22(30)25-17-15-33-13-12-26(23(17)31)14-16-8-6-5-7-9-16/h5-11,17-21,27-29H,12-15H2,1-4H3,(H,25,30)/b11-10+/t17-,18+,19-,20+,21+/m0/s1. The van der Waals surface area contributed by atoms with Gasteiger partial charge in [-0.05, 0) is 11.0 Å².